The maximum Gasteiger partial charge on any atom is 0.152 e. The lowest BCUT2D eigenvalue weighted by Crippen LogP contribution is -2.50. The Hall–Kier alpha value is -1.59. The van der Waals surface area contributed by atoms with Gasteiger partial charge in [0.25, 0.3) is 0 Å². The second kappa shape index (κ2) is 4.75. The molecule has 2 N–H and O–H groups in total. The number of fused-ring (bicyclic) bond motifs is 2. The third-order valence-electron chi connectivity index (χ3n) is 4.69. The first kappa shape index (κ1) is 12.2. The molecule has 5 nitrogen and oxygen atoms in total. The molecule has 5 heteroatoms. The standard InChI is InChI=1S/C15H21N5/c16-10-13-15(17-14-5-1-2-7-20(13)14)19-9-8-18-6-3-4-12(18)11-19/h1-2,5,7,12H,3-4,6,8-11,16H2. The molecule has 1 atom stereocenters. The van der Waals surface area contributed by atoms with Crippen molar-refractivity contribution in [2.24, 2.45) is 5.73 Å². The van der Waals surface area contributed by atoms with Crippen LogP contribution in [0.4, 0.5) is 5.82 Å². The molecule has 0 bridgehead atoms. The van der Waals surface area contributed by atoms with Crippen molar-refractivity contribution >= 4 is 11.5 Å². The van der Waals surface area contributed by atoms with Gasteiger partial charge < -0.3 is 15.0 Å². The average Bonchev–Trinajstić information content (AvgIpc) is 3.10. The van der Waals surface area contributed by atoms with Gasteiger partial charge in [-0.05, 0) is 31.5 Å². The quantitative estimate of drug-likeness (QED) is 0.888. The molecule has 0 spiro atoms. The summed E-state index contributed by atoms with van der Waals surface area (Å²) in [7, 11) is 0. The minimum Gasteiger partial charge on any atom is -0.352 e. The highest BCUT2D eigenvalue weighted by Gasteiger charge is 2.32. The van der Waals surface area contributed by atoms with E-state index in [-0.39, 0.29) is 0 Å². The van der Waals surface area contributed by atoms with Gasteiger partial charge in [0.2, 0.25) is 0 Å². The van der Waals surface area contributed by atoms with E-state index in [0.29, 0.717) is 12.6 Å². The minimum atomic E-state index is 0.533. The number of aromatic nitrogens is 2. The van der Waals surface area contributed by atoms with E-state index < -0.39 is 0 Å². The summed E-state index contributed by atoms with van der Waals surface area (Å²) in [6.45, 7) is 5.12. The molecule has 0 radical (unpaired) electrons. The molecule has 2 saturated heterocycles. The molecular formula is C15H21N5. The maximum absolute atomic E-state index is 5.98. The predicted octanol–water partition coefficient (Wildman–Crippen LogP) is 1.08. The first-order chi connectivity index (χ1) is 9.86. The fraction of sp³-hybridized carbons (Fsp3) is 0.533. The molecule has 2 aromatic rings. The second-order valence-corrected chi connectivity index (χ2v) is 5.79. The Bertz CT molecular complexity index is 620. The number of pyridine rings is 1. The van der Waals surface area contributed by atoms with Crippen LogP contribution < -0.4 is 10.6 Å². The molecule has 106 valence electrons. The Labute approximate surface area is 119 Å². The van der Waals surface area contributed by atoms with E-state index in [0.717, 1.165) is 36.8 Å². The van der Waals surface area contributed by atoms with Crippen molar-refractivity contribution in [2.75, 3.05) is 31.1 Å². The van der Waals surface area contributed by atoms with Gasteiger partial charge in [-0.15, -0.1) is 0 Å². The molecule has 20 heavy (non-hydrogen) atoms. The van der Waals surface area contributed by atoms with Crippen LogP contribution in [0, 0.1) is 0 Å². The van der Waals surface area contributed by atoms with Gasteiger partial charge in [0, 0.05) is 38.4 Å². The lowest BCUT2D eigenvalue weighted by molar-refractivity contribution is 0.230. The van der Waals surface area contributed by atoms with Crippen LogP contribution in [0.2, 0.25) is 0 Å². The predicted molar refractivity (Wildman–Crippen MR) is 79.9 cm³/mol. The van der Waals surface area contributed by atoms with Gasteiger partial charge in [-0.2, -0.15) is 0 Å². The smallest absolute Gasteiger partial charge is 0.152 e. The van der Waals surface area contributed by atoms with Crippen LogP contribution in [0.1, 0.15) is 18.5 Å². The van der Waals surface area contributed by atoms with E-state index in [9.17, 15) is 0 Å². The number of rotatable bonds is 2. The summed E-state index contributed by atoms with van der Waals surface area (Å²) in [5.41, 5.74) is 8.11. The third kappa shape index (κ3) is 1.81. The number of nitrogens with two attached hydrogens (primary N) is 1. The van der Waals surface area contributed by atoms with Crippen molar-refractivity contribution in [2.45, 2.75) is 25.4 Å². The van der Waals surface area contributed by atoms with Gasteiger partial charge in [-0.3, -0.25) is 4.90 Å². The van der Waals surface area contributed by atoms with Crippen LogP contribution in [-0.4, -0.2) is 46.5 Å². The summed E-state index contributed by atoms with van der Waals surface area (Å²) >= 11 is 0. The molecule has 0 amide bonds. The maximum atomic E-state index is 5.98. The van der Waals surface area contributed by atoms with E-state index in [4.69, 9.17) is 10.7 Å². The molecule has 2 aromatic heterocycles. The zero-order valence-electron chi connectivity index (χ0n) is 11.7. The fourth-order valence-corrected chi connectivity index (χ4v) is 3.66. The Kier molecular flexibility index (Phi) is 2.89. The topological polar surface area (TPSA) is 49.8 Å². The molecule has 0 saturated carbocycles. The molecule has 4 rings (SSSR count). The molecular weight excluding hydrogens is 250 g/mol. The highest BCUT2D eigenvalue weighted by Crippen LogP contribution is 2.27. The molecule has 0 aliphatic carbocycles. The number of piperazine rings is 1. The highest BCUT2D eigenvalue weighted by atomic mass is 15.3. The SMILES string of the molecule is NCc1c(N2CCN3CCCC3C2)nc2ccccn12. The van der Waals surface area contributed by atoms with E-state index in [1.54, 1.807) is 0 Å². The molecule has 2 aliphatic heterocycles. The summed E-state index contributed by atoms with van der Waals surface area (Å²) in [6, 6.07) is 6.82. The van der Waals surface area contributed by atoms with Gasteiger partial charge in [-0.25, -0.2) is 4.98 Å². The van der Waals surface area contributed by atoms with Crippen molar-refractivity contribution in [3.8, 4) is 0 Å². The van der Waals surface area contributed by atoms with Crippen molar-refractivity contribution < 1.29 is 0 Å². The average molecular weight is 271 g/mol. The van der Waals surface area contributed by atoms with Crippen molar-refractivity contribution in [1.82, 2.24) is 14.3 Å². The minimum absolute atomic E-state index is 0.533. The van der Waals surface area contributed by atoms with Gasteiger partial charge >= 0.3 is 0 Å². The van der Waals surface area contributed by atoms with E-state index in [1.807, 2.05) is 12.1 Å². The molecule has 1 unspecified atom stereocenters. The summed E-state index contributed by atoms with van der Waals surface area (Å²) in [4.78, 5) is 9.86. The number of hydrogen-bond donors (Lipinski definition) is 1. The van der Waals surface area contributed by atoms with Crippen LogP contribution in [0.5, 0.6) is 0 Å². The number of hydrogen-bond acceptors (Lipinski definition) is 4. The lowest BCUT2D eigenvalue weighted by Gasteiger charge is -2.38. The van der Waals surface area contributed by atoms with Gasteiger partial charge in [0.15, 0.2) is 5.82 Å². The van der Waals surface area contributed by atoms with E-state index in [1.165, 1.54) is 19.4 Å². The number of imidazole rings is 1. The normalized spacial score (nSPS) is 23.4. The van der Waals surface area contributed by atoms with Crippen LogP contribution in [0.15, 0.2) is 24.4 Å². The van der Waals surface area contributed by atoms with Gasteiger partial charge in [0.05, 0.1) is 5.69 Å². The Morgan fingerprint density at radius 3 is 3.10 bits per heavy atom. The Balaban J connectivity index is 1.71. The summed E-state index contributed by atoms with van der Waals surface area (Å²) < 4.78 is 2.12. The van der Waals surface area contributed by atoms with E-state index in [2.05, 4.69) is 26.5 Å². The molecule has 2 aliphatic rings. The summed E-state index contributed by atoms with van der Waals surface area (Å²) in [5.74, 6) is 1.09. The Morgan fingerprint density at radius 1 is 1.25 bits per heavy atom. The Morgan fingerprint density at radius 2 is 2.20 bits per heavy atom. The van der Waals surface area contributed by atoms with Crippen LogP contribution >= 0.6 is 0 Å². The lowest BCUT2D eigenvalue weighted by atomic mass is 10.1. The van der Waals surface area contributed by atoms with Gasteiger partial charge in [-0.1, -0.05) is 6.07 Å². The monoisotopic (exact) mass is 271 g/mol. The number of nitrogens with zero attached hydrogens (tertiary/aromatic N) is 4. The van der Waals surface area contributed by atoms with E-state index >= 15 is 0 Å². The summed E-state index contributed by atoms with van der Waals surface area (Å²) in [5, 5.41) is 0. The molecule has 0 aromatic carbocycles. The van der Waals surface area contributed by atoms with Gasteiger partial charge in [0.1, 0.15) is 5.65 Å². The molecule has 4 heterocycles. The van der Waals surface area contributed by atoms with Crippen LogP contribution in [0.3, 0.4) is 0 Å². The van der Waals surface area contributed by atoms with Crippen molar-refractivity contribution in [3.05, 3.63) is 30.1 Å². The first-order valence-electron chi connectivity index (χ1n) is 7.52. The van der Waals surface area contributed by atoms with Crippen LogP contribution in [0.25, 0.3) is 5.65 Å². The fourth-order valence-electron chi connectivity index (χ4n) is 3.66. The highest BCUT2D eigenvalue weighted by molar-refractivity contribution is 5.56. The number of anilines is 1. The summed E-state index contributed by atoms with van der Waals surface area (Å²) in [6.07, 6.45) is 4.72. The third-order valence-corrected chi connectivity index (χ3v) is 4.69. The second-order valence-electron chi connectivity index (χ2n) is 5.79. The largest absolute Gasteiger partial charge is 0.352 e. The first-order valence-corrected chi connectivity index (χ1v) is 7.52. The van der Waals surface area contributed by atoms with Crippen molar-refractivity contribution in [3.63, 3.8) is 0 Å². The zero-order chi connectivity index (χ0) is 13.5. The van der Waals surface area contributed by atoms with Crippen molar-refractivity contribution in [1.29, 1.82) is 0 Å². The zero-order valence-corrected chi connectivity index (χ0v) is 11.7. The molecule has 2 fully saturated rings. The van der Waals surface area contributed by atoms with Crippen LogP contribution in [-0.2, 0) is 6.54 Å².